The highest BCUT2D eigenvalue weighted by atomic mass is 32.1. The number of aryl methyl sites for hydroxylation is 2. The number of nitrogens with zero attached hydrogens (tertiary/aromatic N) is 1. The Morgan fingerprint density at radius 1 is 1.24 bits per heavy atom. The predicted octanol–water partition coefficient (Wildman–Crippen LogP) is 4.07. The third-order valence-corrected chi connectivity index (χ3v) is 3.82. The maximum Gasteiger partial charge on any atom is 0.123 e. The summed E-state index contributed by atoms with van der Waals surface area (Å²) in [6.45, 7) is 6.11. The van der Waals surface area contributed by atoms with Crippen LogP contribution in [0.1, 0.15) is 28.5 Å². The van der Waals surface area contributed by atoms with Gasteiger partial charge in [-0.15, -0.1) is 11.3 Å². The SMILES string of the molecule is Cc1nc(C)c(C(C)Nc2ccc(F)cc2)s1. The van der Waals surface area contributed by atoms with Gasteiger partial charge >= 0.3 is 0 Å². The average Bonchev–Trinajstić information content (AvgIpc) is 2.61. The van der Waals surface area contributed by atoms with Crippen LogP contribution in [0.5, 0.6) is 0 Å². The molecule has 1 unspecified atom stereocenters. The van der Waals surface area contributed by atoms with Crippen LogP contribution in [0.25, 0.3) is 0 Å². The number of halogens is 1. The topological polar surface area (TPSA) is 24.9 Å². The fraction of sp³-hybridized carbons (Fsp3) is 0.308. The normalized spacial score (nSPS) is 12.5. The molecule has 1 atom stereocenters. The molecule has 2 aromatic rings. The van der Waals surface area contributed by atoms with E-state index in [-0.39, 0.29) is 11.9 Å². The van der Waals surface area contributed by atoms with E-state index in [1.165, 1.54) is 17.0 Å². The van der Waals surface area contributed by atoms with Crippen molar-refractivity contribution in [1.82, 2.24) is 4.98 Å². The summed E-state index contributed by atoms with van der Waals surface area (Å²) in [6.07, 6.45) is 0. The number of nitrogens with one attached hydrogen (secondary N) is 1. The van der Waals surface area contributed by atoms with Crippen LogP contribution in [0, 0.1) is 19.7 Å². The zero-order chi connectivity index (χ0) is 12.4. The molecule has 0 radical (unpaired) electrons. The molecule has 1 aromatic heterocycles. The molecule has 0 aliphatic heterocycles. The molecule has 0 spiro atoms. The van der Waals surface area contributed by atoms with Crippen LogP contribution < -0.4 is 5.32 Å². The van der Waals surface area contributed by atoms with Crippen molar-refractivity contribution >= 4 is 17.0 Å². The quantitative estimate of drug-likeness (QED) is 0.888. The summed E-state index contributed by atoms with van der Waals surface area (Å²) >= 11 is 1.70. The highest BCUT2D eigenvalue weighted by Crippen LogP contribution is 2.27. The number of aromatic nitrogens is 1. The Labute approximate surface area is 105 Å². The Bertz CT molecular complexity index is 505. The van der Waals surface area contributed by atoms with E-state index in [1.807, 2.05) is 13.8 Å². The molecule has 0 aliphatic carbocycles. The van der Waals surface area contributed by atoms with E-state index in [1.54, 1.807) is 23.5 Å². The summed E-state index contributed by atoms with van der Waals surface area (Å²) in [4.78, 5) is 5.63. The molecule has 0 saturated carbocycles. The van der Waals surface area contributed by atoms with Crippen molar-refractivity contribution in [2.45, 2.75) is 26.8 Å². The number of rotatable bonds is 3. The smallest absolute Gasteiger partial charge is 0.123 e. The van der Waals surface area contributed by atoms with Crippen LogP contribution in [0.2, 0.25) is 0 Å². The van der Waals surface area contributed by atoms with Gasteiger partial charge in [0.1, 0.15) is 5.82 Å². The first-order chi connectivity index (χ1) is 8.06. The fourth-order valence-electron chi connectivity index (χ4n) is 1.81. The highest BCUT2D eigenvalue weighted by molar-refractivity contribution is 7.11. The van der Waals surface area contributed by atoms with Gasteiger partial charge in [0.15, 0.2) is 0 Å². The van der Waals surface area contributed by atoms with Crippen molar-refractivity contribution < 1.29 is 4.39 Å². The molecule has 1 N–H and O–H groups in total. The van der Waals surface area contributed by atoms with Crippen LogP contribution in [-0.4, -0.2) is 4.98 Å². The summed E-state index contributed by atoms with van der Waals surface area (Å²) in [7, 11) is 0. The lowest BCUT2D eigenvalue weighted by Crippen LogP contribution is -2.06. The van der Waals surface area contributed by atoms with Gasteiger partial charge in [-0.2, -0.15) is 0 Å². The molecule has 17 heavy (non-hydrogen) atoms. The largest absolute Gasteiger partial charge is 0.378 e. The van der Waals surface area contributed by atoms with Crippen LogP contribution in [0.3, 0.4) is 0 Å². The summed E-state index contributed by atoms with van der Waals surface area (Å²) in [5.41, 5.74) is 1.99. The standard InChI is InChI=1S/C13H15FN2S/c1-8-13(17-10(3)15-8)9(2)16-12-6-4-11(14)5-7-12/h4-7,9,16H,1-3H3. The number of thiazole rings is 1. The molecule has 2 rings (SSSR count). The van der Waals surface area contributed by atoms with Gasteiger partial charge in [0.25, 0.3) is 0 Å². The number of benzene rings is 1. The van der Waals surface area contributed by atoms with Crippen LogP contribution in [0.4, 0.5) is 10.1 Å². The van der Waals surface area contributed by atoms with Crippen LogP contribution in [-0.2, 0) is 0 Å². The van der Waals surface area contributed by atoms with Gasteiger partial charge in [0.05, 0.1) is 16.7 Å². The van der Waals surface area contributed by atoms with Gasteiger partial charge in [0.2, 0.25) is 0 Å². The van der Waals surface area contributed by atoms with Crippen molar-refractivity contribution in [3.8, 4) is 0 Å². The van der Waals surface area contributed by atoms with E-state index < -0.39 is 0 Å². The predicted molar refractivity (Wildman–Crippen MR) is 70.0 cm³/mol. The van der Waals surface area contributed by atoms with Gasteiger partial charge in [-0.3, -0.25) is 0 Å². The molecule has 2 nitrogen and oxygen atoms in total. The molecule has 90 valence electrons. The number of anilines is 1. The van der Waals surface area contributed by atoms with Crippen LogP contribution >= 0.6 is 11.3 Å². The zero-order valence-electron chi connectivity index (χ0n) is 10.1. The summed E-state index contributed by atoms with van der Waals surface area (Å²) in [5, 5.41) is 4.42. The summed E-state index contributed by atoms with van der Waals surface area (Å²) < 4.78 is 12.8. The van der Waals surface area contributed by atoms with E-state index in [4.69, 9.17) is 0 Å². The lowest BCUT2D eigenvalue weighted by atomic mass is 10.2. The molecule has 1 aromatic carbocycles. The molecular weight excluding hydrogens is 235 g/mol. The van der Waals surface area contributed by atoms with Crippen molar-refractivity contribution in [3.63, 3.8) is 0 Å². The Morgan fingerprint density at radius 3 is 2.41 bits per heavy atom. The van der Waals surface area contributed by atoms with Gasteiger partial charge in [-0.1, -0.05) is 0 Å². The maximum absolute atomic E-state index is 12.8. The third kappa shape index (κ3) is 2.82. The minimum atomic E-state index is -0.215. The van der Waals surface area contributed by atoms with Gasteiger partial charge in [-0.25, -0.2) is 9.37 Å². The summed E-state index contributed by atoms with van der Waals surface area (Å²) in [5.74, 6) is -0.215. The molecular formula is C13H15FN2S. The third-order valence-electron chi connectivity index (χ3n) is 2.56. The zero-order valence-corrected chi connectivity index (χ0v) is 10.9. The Balaban J connectivity index is 2.14. The van der Waals surface area contributed by atoms with Gasteiger partial charge in [-0.05, 0) is 45.0 Å². The lowest BCUT2D eigenvalue weighted by Gasteiger charge is -2.14. The van der Waals surface area contributed by atoms with E-state index in [9.17, 15) is 4.39 Å². The Morgan fingerprint density at radius 2 is 1.88 bits per heavy atom. The summed E-state index contributed by atoms with van der Waals surface area (Å²) in [6, 6.07) is 6.59. The lowest BCUT2D eigenvalue weighted by molar-refractivity contribution is 0.628. The van der Waals surface area contributed by atoms with Crippen molar-refractivity contribution in [3.05, 3.63) is 45.7 Å². The second kappa shape index (κ2) is 4.84. The van der Waals surface area contributed by atoms with Gasteiger partial charge in [0, 0.05) is 10.6 Å². The molecule has 0 fully saturated rings. The molecule has 0 aliphatic rings. The maximum atomic E-state index is 12.8. The monoisotopic (exact) mass is 250 g/mol. The van der Waals surface area contributed by atoms with Crippen molar-refractivity contribution in [2.24, 2.45) is 0 Å². The second-order valence-electron chi connectivity index (χ2n) is 4.06. The molecule has 0 bridgehead atoms. The number of hydrogen-bond acceptors (Lipinski definition) is 3. The van der Waals surface area contributed by atoms with Crippen molar-refractivity contribution in [2.75, 3.05) is 5.32 Å². The first-order valence-corrected chi connectivity index (χ1v) is 6.34. The van der Waals surface area contributed by atoms with E-state index in [2.05, 4.69) is 17.2 Å². The second-order valence-corrected chi connectivity index (χ2v) is 5.29. The first-order valence-electron chi connectivity index (χ1n) is 5.52. The van der Waals surface area contributed by atoms with E-state index >= 15 is 0 Å². The average molecular weight is 250 g/mol. The van der Waals surface area contributed by atoms with Crippen LogP contribution in [0.15, 0.2) is 24.3 Å². The molecule has 0 amide bonds. The van der Waals surface area contributed by atoms with Crippen molar-refractivity contribution in [1.29, 1.82) is 0 Å². The Hall–Kier alpha value is -1.42. The first kappa shape index (κ1) is 12.0. The van der Waals surface area contributed by atoms with E-state index in [0.29, 0.717) is 0 Å². The van der Waals surface area contributed by atoms with E-state index in [0.717, 1.165) is 16.4 Å². The molecule has 4 heteroatoms. The minimum Gasteiger partial charge on any atom is -0.378 e. The molecule has 1 heterocycles. The number of hydrogen-bond donors (Lipinski definition) is 1. The minimum absolute atomic E-state index is 0.187. The fourth-order valence-corrected chi connectivity index (χ4v) is 2.74. The Kier molecular flexibility index (Phi) is 3.43. The van der Waals surface area contributed by atoms with Gasteiger partial charge < -0.3 is 5.32 Å². The molecule has 0 saturated heterocycles. The highest BCUT2D eigenvalue weighted by Gasteiger charge is 2.12.